The topological polar surface area (TPSA) is 69.0 Å². The third kappa shape index (κ3) is 3.73. The lowest BCUT2D eigenvalue weighted by Crippen LogP contribution is -2.44. The number of aromatic nitrogens is 1. The van der Waals surface area contributed by atoms with Gasteiger partial charge in [-0.15, -0.1) is 0 Å². The number of pyridine rings is 1. The number of nitrogens with one attached hydrogen (secondary N) is 1. The van der Waals surface area contributed by atoms with E-state index >= 15 is 0 Å². The average molecular weight is 262 g/mol. The van der Waals surface area contributed by atoms with Crippen LogP contribution in [0, 0.1) is 17.1 Å². The first-order chi connectivity index (χ1) is 9.19. The van der Waals surface area contributed by atoms with Gasteiger partial charge in [0.25, 0.3) is 5.91 Å². The van der Waals surface area contributed by atoms with E-state index in [0.29, 0.717) is 6.54 Å². The molecule has 0 saturated carbocycles. The zero-order chi connectivity index (χ0) is 13.7. The summed E-state index contributed by atoms with van der Waals surface area (Å²) in [4.78, 5) is 17.7. The van der Waals surface area contributed by atoms with Crippen LogP contribution < -0.4 is 5.32 Å². The van der Waals surface area contributed by atoms with E-state index in [9.17, 15) is 9.18 Å². The van der Waals surface area contributed by atoms with Gasteiger partial charge in [0.1, 0.15) is 11.5 Å². The summed E-state index contributed by atoms with van der Waals surface area (Å²) in [6, 6.07) is 4.80. The summed E-state index contributed by atoms with van der Waals surface area (Å²) < 4.78 is 12.7. The lowest BCUT2D eigenvalue weighted by Gasteiger charge is -2.30. The van der Waals surface area contributed by atoms with Crippen molar-refractivity contribution in [3.05, 3.63) is 29.8 Å². The molecule has 1 aliphatic rings. The number of likely N-dealkylation sites (tertiary alicyclic amines) is 1. The summed E-state index contributed by atoms with van der Waals surface area (Å²) in [5, 5.41) is 11.5. The molecule has 0 radical (unpaired) electrons. The van der Waals surface area contributed by atoms with Crippen molar-refractivity contribution >= 4 is 5.91 Å². The quantitative estimate of drug-likeness (QED) is 0.823. The number of hydrogen-bond acceptors (Lipinski definition) is 4. The Morgan fingerprint density at radius 1 is 1.53 bits per heavy atom. The van der Waals surface area contributed by atoms with Crippen molar-refractivity contribution in [2.45, 2.75) is 18.9 Å². The van der Waals surface area contributed by atoms with E-state index in [4.69, 9.17) is 5.26 Å². The van der Waals surface area contributed by atoms with Crippen molar-refractivity contribution in [3.8, 4) is 6.07 Å². The summed E-state index contributed by atoms with van der Waals surface area (Å²) >= 11 is 0. The monoisotopic (exact) mass is 262 g/mol. The van der Waals surface area contributed by atoms with Gasteiger partial charge in [-0.3, -0.25) is 9.69 Å². The maximum Gasteiger partial charge on any atom is 0.270 e. The molecule has 0 atom stereocenters. The maximum atomic E-state index is 12.7. The summed E-state index contributed by atoms with van der Waals surface area (Å²) in [7, 11) is 0. The van der Waals surface area contributed by atoms with Crippen LogP contribution in [0.3, 0.4) is 0 Å². The molecule has 5 nitrogen and oxygen atoms in total. The molecular weight excluding hydrogens is 247 g/mol. The van der Waals surface area contributed by atoms with Crippen molar-refractivity contribution in [2.24, 2.45) is 0 Å². The number of hydrogen-bond donors (Lipinski definition) is 1. The van der Waals surface area contributed by atoms with Crippen LogP contribution in [0.5, 0.6) is 0 Å². The van der Waals surface area contributed by atoms with Crippen molar-refractivity contribution < 1.29 is 9.18 Å². The molecule has 1 aromatic heterocycles. The van der Waals surface area contributed by atoms with Crippen LogP contribution in [0.15, 0.2) is 18.3 Å². The summed E-state index contributed by atoms with van der Waals surface area (Å²) in [5.41, 5.74) is 0.223. The van der Waals surface area contributed by atoms with Gasteiger partial charge >= 0.3 is 0 Å². The number of carbonyl (C=O) groups is 1. The Hall–Kier alpha value is -2.00. The smallest absolute Gasteiger partial charge is 0.270 e. The molecule has 1 saturated heterocycles. The number of amides is 1. The Labute approximate surface area is 111 Å². The summed E-state index contributed by atoms with van der Waals surface area (Å²) in [6.45, 7) is 2.03. The molecule has 0 bridgehead atoms. The van der Waals surface area contributed by atoms with Crippen LogP contribution >= 0.6 is 0 Å². The lowest BCUT2D eigenvalue weighted by atomic mass is 10.0. The molecule has 6 heteroatoms. The van der Waals surface area contributed by atoms with Crippen molar-refractivity contribution in [3.63, 3.8) is 0 Å². The Morgan fingerprint density at radius 3 is 2.84 bits per heavy atom. The number of piperidine rings is 1. The van der Waals surface area contributed by atoms with Crippen molar-refractivity contribution in [2.75, 3.05) is 19.6 Å². The summed E-state index contributed by atoms with van der Waals surface area (Å²) in [6.07, 6.45) is 2.66. The molecule has 1 N–H and O–H groups in total. The predicted octanol–water partition coefficient (Wildman–Crippen LogP) is 0.938. The van der Waals surface area contributed by atoms with Gasteiger partial charge in [0.15, 0.2) is 0 Å². The highest BCUT2D eigenvalue weighted by Gasteiger charge is 2.21. The molecule has 1 amide bonds. The third-order valence-electron chi connectivity index (χ3n) is 3.18. The van der Waals surface area contributed by atoms with Gasteiger partial charge in [-0.2, -0.15) is 5.26 Å². The Bertz CT molecular complexity index is 474. The van der Waals surface area contributed by atoms with E-state index in [0.717, 1.165) is 32.1 Å². The van der Waals surface area contributed by atoms with E-state index in [1.165, 1.54) is 12.1 Å². The molecule has 0 unspecified atom stereocenters. The second-order valence-electron chi connectivity index (χ2n) is 4.54. The lowest BCUT2D eigenvalue weighted by molar-refractivity contribution is 0.0909. The SMILES string of the molecule is N#CCN1CCC(NC(=O)c2ccc(F)cn2)CC1. The molecule has 1 aliphatic heterocycles. The highest BCUT2D eigenvalue weighted by Crippen LogP contribution is 2.10. The molecule has 2 rings (SSSR count). The molecule has 1 fully saturated rings. The van der Waals surface area contributed by atoms with Crippen LogP contribution in [-0.4, -0.2) is 41.5 Å². The van der Waals surface area contributed by atoms with Crippen LogP contribution in [0.2, 0.25) is 0 Å². The number of nitrogens with zero attached hydrogens (tertiary/aromatic N) is 3. The van der Waals surface area contributed by atoms with Crippen LogP contribution in [-0.2, 0) is 0 Å². The summed E-state index contributed by atoms with van der Waals surface area (Å²) in [5.74, 6) is -0.736. The molecule has 1 aromatic rings. The van der Waals surface area contributed by atoms with E-state index in [2.05, 4.69) is 21.3 Å². The second-order valence-corrected chi connectivity index (χ2v) is 4.54. The maximum absolute atomic E-state index is 12.7. The van der Waals surface area contributed by atoms with Gasteiger partial charge in [0, 0.05) is 19.1 Å². The molecule has 0 spiro atoms. The fourth-order valence-corrected chi connectivity index (χ4v) is 2.10. The number of nitriles is 1. The Kier molecular flexibility index (Phi) is 4.42. The fourth-order valence-electron chi connectivity index (χ4n) is 2.10. The number of halogens is 1. The molecule has 19 heavy (non-hydrogen) atoms. The van der Waals surface area contributed by atoms with Gasteiger partial charge in [0.05, 0.1) is 18.8 Å². The Balaban J connectivity index is 1.84. The van der Waals surface area contributed by atoms with Crippen LogP contribution in [0.1, 0.15) is 23.3 Å². The van der Waals surface area contributed by atoms with E-state index in [-0.39, 0.29) is 17.6 Å². The van der Waals surface area contributed by atoms with Gasteiger partial charge in [0.2, 0.25) is 0 Å². The first-order valence-electron chi connectivity index (χ1n) is 6.21. The molecule has 0 aliphatic carbocycles. The minimum absolute atomic E-state index is 0.0919. The standard InChI is InChI=1S/C13H15FN4O/c14-10-1-2-12(16-9-10)13(19)17-11-3-6-18(7-4-11)8-5-15/h1-2,9,11H,3-4,6-8H2,(H,17,19). The molecule has 0 aromatic carbocycles. The number of rotatable bonds is 3. The molecule has 2 heterocycles. The van der Waals surface area contributed by atoms with E-state index < -0.39 is 5.82 Å². The zero-order valence-corrected chi connectivity index (χ0v) is 10.5. The van der Waals surface area contributed by atoms with Crippen LogP contribution in [0.25, 0.3) is 0 Å². The van der Waals surface area contributed by atoms with Gasteiger partial charge < -0.3 is 5.32 Å². The largest absolute Gasteiger partial charge is 0.348 e. The Morgan fingerprint density at radius 2 is 2.26 bits per heavy atom. The van der Waals surface area contributed by atoms with E-state index in [1.54, 1.807) is 0 Å². The van der Waals surface area contributed by atoms with E-state index in [1.807, 2.05) is 0 Å². The first-order valence-corrected chi connectivity index (χ1v) is 6.21. The zero-order valence-electron chi connectivity index (χ0n) is 10.5. The predicted molar refractivity (Wildman–Crippen MR) is 66.7 cm³/mol. The second kappa shape index (κ2) is 6.25. The fraction of sp³-hybridized carbons (Fsp3) is 0.462. The van der Waals surface area contributed by atoms with Gasteiger partial charge in [-0.25, -0.2) is 9.37 Å². The van der Waals surface area contributed by atoms with Crippen molar-refractivity contribution in [1.29, 1.82) is 5.26 Å². The van der Waals surface area contributed by atoms with Crippen LogP contribution in [0.4, 0.5) is 4.39 Å². The highest BCUT2D eigenvalue weighted by atomic mass is 19.1. The number of carbonyl (C=O) groups excluding carboxylic acids is 1. The highest BCUT2D eigenvalue weighted by molar-refractivity contribution is 5.92. The molecular formula is C13H15FN4O. The minimum atomic E-state index is -0.457. The molecule has 100 valence electrons. The van der Waals surface area contributed by atoms with Crippen molar-refractivity contribution in [1.82, 2.24) is 15.2 Å². The van der Waals surface area contributed by atoms with Gasteiger partial charge in [-0.1, -0.05) is 0 Å². The normalized spacial score (nSPS) is 16.8. The minimum Gasteiger partial charge on any atom is -0.348 e. The average Bonchev–Trinajstić information content (AvgIpc) is 2.42. The third-order valence-corrected chi connectivity index (χ3v) is 3.18. The first kappa shape index (κ1) is 13.4. The van der Waals surface area contributed by atoms with Gasteiger partial charge in [-0.05, 0) is 25.0 Å².